The Labute approximate surface area is 84.7 Å². The molecule has 0 spiro atoms. The molecule has 0 rings (SSSR count). The Morgan fingerprint density at radius 3 is 2.77 bits per heavy atom. The second kappa shape index (κ2) is 9.93. The zero-order valence-corrected chi connectivity index (χ0v) is 10.7. The molecule has 0 aromatic carbocycles. The number of rotatable bonds is 8. The standard InChI is InChI=1S/C10H23NOSi/c1-4-5-7-10(2)11-8-6-9-13-12-3/h4-9,13H2,1-3H3. The number of aliphatic imine (C=N–C) groups is 1. The highest BCUT2D eigenvalue weighted by molar-refractivity contribution is 6.26. The topological polar surface area (TPSA) is 21.6 Å². The molecule has 0 radical (unpaired) electrons. The largest absolute Gasteiger partial charge is 0.427 e. The fourth-order valence-electron chi connectivity index (χ4n) is 1.14. The molecule has 2 nitrogen and oxygen atoms in total. The smallest absolute Gasteiger partial charge is 0.161 e. The monoisotopic (exact) mass is 201 g/mol. The van der Waals surface area contributed by atoms with Crippen molar-refractivity contribution < 1.29 is 4.43 Å². The first kappa shape index (κ1) is 12.8. The third kappa shape index (κ3) is 9.76. The first-order valence-electron chi connectivity index (χ1n) is 5.30. The van der Waals surface area contributed by atoms with Crippen LogP contribution in [0.25, 0.3) is 0 Å². The van der Waals surface area contributed by atoms with E-state index in [-0.39, 0.29) is 9.76 Å². The number of unbranched alkanes of at least 4 members (excludes halogenated alkanes) is 1. The van der Waals surface area contributed by atoms with Crippen LogP contribution < -0.4 is 0 Å². The predicted octanol–water partition coefficient (Wildman–Crippen LogP) is 2.18. The van der Waals surface area contributed by atoms with E-state index in [0.29, 0.717) is 0 Å². The van der Waals surface area contributed by atoms with Gasteiger partial charge in [0.1, 0.15) is 0 Å². The van der Waals surface area contributed by atoms with Crippen LogP contribution in [0.3, 0.4) is 0 Å². The van der Waals surface area contributed by atoms with Gasteiger partial charge in [-0.05, 0) is 32.2 Å². The normalized spacial score (nSPS) is 13.0. The Morgan fingerprint density at radius 2 is 2.15 bits per heavy atom. The molecule has 13 heavy (non-hydrogen) atoms. The molecular formula is C10H23NOSi. The van der Waals surface area contributed by atoms with Crippen LogP contribution in [-0.4, -0.2) is 29.1 Å². The summed E-state index contributed by atoms with van der Waals surface area (Å²) in [5.41, 5.74) is 1.32. The van der Waals surface area contributed by atoms with Gasteiger partial charge in [0.15, 0.2) is 9.76 Å². The van der Waals surface area contributed by atoms with E-state index >= 15 is 0 Å². The molecule has 0 amide bonds. The Morgan fingerprint density at radius 1 is 1.38 bits per heavy atom. The Kier molecular flexibility index (Phi) is 9.81. The molecule has 0 aliphatic carbocycles. The molecule has 0 saturated carbocycles. The molecule has 0 aromatic heterocycles. The summed E-state index contributed by atoms with van der Waals surface area (Å²) in [6, 6.07) is 1.26. The third-order valence-corrected chi connectivity index (χ3v) is 3.23. The second-order valence-electron chi connectivity index (χ2n) is 3.42. The predicted molar refractivity (Wildman–Crippen MR) is 62.5 cm³/mol. The van der Waals surface area contributed by atoms with Crippen molar-refractivity contribution in [3.63, 3.8) is 0 Å². The summed E-state index contributed by atoms with van der Waals surface area (Å²) >= 11 is 0. The molecule has 0 fully saturated rings. The van der Waals surface area contributed by atoms with Gasteiger partial charge >= 0.3 is 0 Å². The number of nitrogens with zero attached hydrogens (tertiary/aromatic N) is 1. The minimum Gasteiger partial charge on any atom is -0.427 e. The second-order valence-corrected chi connectivity index (χ2v) is 5.11. The summed E-state index contributed by atoms with van der Waals surface area (Å²) < 4.78 is 5.10. The average Bonchev–Trinajstić information content (AvgIpc) is 2.14. The first-order valence-corrected chi connectivity index (χ1v) is 6.87. The van der Waals surface area contributed by atoms with Crippen LogP contribution in [0.1, 0.15) is 39.5 Å². The van der Waals surface area contributed by atoms with Crippen LogP contribution in [0, 0.1) is 0 Å². The summed E-state index contributed by atoms with van der Waals surface area (Å²) in [5, 5.41) is 0. The lowest BCUT2D eigenvalue weighted by Crippen LogP contribution is -1.96. The van der Waals surface area contributed by atoms with E-state index in [1.807, 2.05) is 7.11 Å². The van der Waals surface area contributed by atoms with Gasteiger partial charge in [0.05, 0.1) is 0 Å². The number of hydrogen-bond acceptors (Lipinski definition) is 2. The first-order chi connectivity index (χ1) is 6.31. The molecule has 0 unspecified atom stereocenters. The lowest BCUT2D eigenvalue weighted by Gasteiger charge is -1.99. The van der Waals surface area contributed by atoms with Crippen molar-refractivity contribution in [2.45, 2.75) is 45.6 Å². The Bertz CT molecular complexity index is 137. The molecule has 0 aliphatic heterocycles. The maximum Gasteiger partial charge on any atom is 0.161 e. The maximum absolute atomic E-state index is 5.10. The minimum absolute atomic E-state index is 0.208. The summed E-state index contributed by atoms with van der Waals surface area (Å²) in [7, 11) is 1.60. The zero-order valence-electron chi connectivity index (χ0n) is 9.31. The van der Waals surface area contributed by atoms with Gasteiger partial charge < -0.3 is 4.43 Å². The fourth-order valence-corrected chi connectivity index (χ4v) is 1.86. The van der Waals surface area contributed by atoms with Gasteiger partial charge in [-0.3, -0.25) is 4.99 Å². The zero-order chi connectivity index (χ0) is 9.94. The van der Waals surface area contributed by atoms with Crippen LogP contribution in [0.2, 0.25) is 6.04 Å². The summed E-state index contributed by atoms with van der Waals surface area (Å²) in [6.45, 7) is 5.37. The van der Waals surface area contributed by atoms with E-state index < -0.39 is 0 Å². The molecule has 0 saturated heterocycles. The highest BCUT2D eigenvalue weighted by atomic mass is 28.2. The Balaban J connectivity index is 3.25. The van der Waals surface area contributed by atoms with Gasteiger partial charge in [0.2, 0.25) is 0 Å². The highest BCUT2D eigenvalue weighted by Crippen LogP contribution is 1.98. The van der Waals surface area contributed by atoms with Gasteiger partial charge in [-0.25, -0.2) is 0 Å². The van der Waals surface area contributed by atoms with E-state index in [0.717, 1.165) is 6.54 Å². The molecular weight excluding hydrogens is 178 g/mol. The van der Waals surface area contributed by atoms with Gasteiger partial charge in [-0.15, -0.1) is 0 Å². The van der Waals surface area contributed by atoms with Crippen LogP contribution in [0.15, 0.2) is 4.99 Å². The third-order valence-electron chi connectivity index (χ3n) is 2.03. The quantitative estimate of drug-likeness (QED) is 0.335. The summed E-state index contributed by atoms with van der Waals surface area (Å²) in [4.78, 5) is 4.52. The average molecular weight is 201 g/mol. The van der Waals surface area contributed by atoms with Crippen molar-refractivity contribution >= 4 is 15.5 Å². The molecule has 0 bridgehead atoms. The molecule has 0 heterocycles. The highest BCUT2D eigenvalue weighted by Gasteiger charge is 1.91. The van der Waals surface area contributed by atoms with Crippen molar-refractivity contribution in [1.82, 2.24) is 0 Å². The van der Waals surface area contributed by atoms with Gasteiger partial charge in [0, 0.05) is 19.4 Å². The van der Waals surface area contributed by atoms with E-state index in [4.69, 9.17) is 4.43 Å². The molecule has 0 atom stereocenters. The summed E-state index contributed by atoms with van der Waals surface area (Å²) in [5.74, 6) is 0. The van der Waals surface area contributed by atoms with Crippen LogP contribution in [-0.2, 0) is 4.43 Å². The van der Waals surface area contributed by atoms with Crippen molar-refractivity contribution in [3.8, 4) is 0 Å². The fraction of sp³-hybridized carbons (Fsp3) is 0.900. The lowest BCUT2D eigenvalue weighted by atomic mass is 10.2. The molecule has 0 aliphatic rings. The molecule has 78 valence electrons. The van der Waals surface area contributed by atoms with Crippen LogP contribution in [0.4, 0.5) is 0 Å². The number of hydrogen-bond donors (Lipinski definition) is 0. The minimum atomic E-state index is -0.208. The van der Waals surface area contributed by atoms with Crippen molar-refractivity contribution in [2.24, 2.45) is 4.99 Å². The SMILES string of the molecule is CCCCC(C)=NCCC[SiH2]OC. The molecule has 0 aromatic rings. The van der Waals surface area contributed by atoms with E-state index in [9.17, 15) is 0 Å². The maximum atomic E-state index is 5.10. The summed E-state index contributed by atoms with van der Waals surface area (Å²) in [6.07, 6.45) is 4.94. The van der Waals surface area contributed by atoms with Gasteiger partial charge in [0.25, 0.3) is 0 Å². The van der Waals surface area contributed by atoms with E-state index in [2.05, 4.69) is 18.8 Å². The molecule has 3 heteroatoms. The lowest BCUT2D eigenvalue weighted by molar-refractivity contribution is 0.440. The van der Waals surface area contributed by atoms with Crippen molar-refractivity contribution in [2.75, 3.05) is 13.7 Å². The van der Waals surface area contributed by atoms with Crippen molar-refractivity contribution in [1.29, 1.82) is 0 Å². The van der Waals surface area contributed by atoms with Gasteiger partial charge in [-0.2, -0.15) is 0 Å². The van der Waals surface area contributed by atoms with Crippen molar-refractivity contribution in [3.05, 3.63) is 0 Å². The van der Waals surface area contributed by atoms with Gasteiger partial charge in [-0.1, -0.05) is 13.3 Å². The van der Waals surface area contributed by atoms with E-state index in [1.165, 1.54) is 37.4 Å². The van der Waals surface area contributed by atoms with Crippen LogP contribution in [0.5, 0.6) is 0 Å². The Hall–Kier alpha value is -0.153. The molecule has 0 N–H and O–H groups in total. The van der Waals surface area contributed by atoms with Crippen LogP contribution >= 0.6 is 0 Å². The van der Waals surface area contributed by atoms with E-state index in [1.54, 1.807) is 0 Å².